The number of fused-ring (bicyclic) bond motifs is 2. The Labute approximate surface area is 211 Å². The lowest BCUT2D eigenvalue weighted by molar-refractivity contribution is -0.123. The summed E-state index contributed by atoms with van der Waals surface area (Å²) in [5, 5.41) is 0.431. The van der Waals surface area contributed by atoms with Crippen LogP contribution in [0.1, 0.15) is 71.5 Å². The number of rotatable bonds is 4. The van der Waals surface area contributed by atoms with Crippen molar-refractivity contribution >= 4 is 34.2 Å². The van der Waals surface area contributed by atoms with Crippen LogP contribution in [0.5, 0.6) is 0 Å². The third kappa shape index (κ3) is 3.58. The lowest BCUT2D eigenvalue weighted by atomic mass is 9.83. The average molecular weight is 493 g/mol. The lowest BCUT2D eigenvalue weighted by Gasteiger charge is -2.47. The van der Waals surface area contributed by atoms with E-state index in [9.17, 15) is 4.79 Å². The molecule has 1 saturated heterocycles. The molecule has 0 bridgehead atoms. The number of imidazole rings is 1. The quantitative estimate of drug-likeness (QED) is 0.458. The number of aromatic nitrogens is 4. The number of pyridine rings is 2. The Morgan fingerprint density at radius 3 is 2.51 bits per heavy atom. The van der Waals surface area contributed by atoms with Crippen molar-refractivity contribution in [1.29, 1.82) is 0 Å². The molecule has 1 aliphatic carbocycles. The number of nitrogens with zero attached hydrogens (tertiary/aromatic N) is 6. The third-order valence-corrected chi connectivity index (χ3v) is 8.46. The molecule has 3 aromatic heterocycles. The van der Waals surface area contributed by atoms with Crippen LogP contribution in [0.15, 0.2) is 24.7 Å². The van der Waals surface area contributed by atoms with E-state index in [1.807, 2.05) is 41.9 Å². The second kappa shape index (κ2) is 8.27. The van der Waals surface area contributed by atoms with Crippen molar-refractivity contribution in [2.75, 3.05) is 18.0 Å². The van der Waals surface area contributed by atoms with E-state index in [-0.39, 0.29) is 18.0 Å². The molecule has 6 rings (SSSR count). The van der Waals surface area contributed by atoms with Crippen LogP contribution in [0.2, 0.25) is 5.15 Å². The maximum absolute atomic E-state index is 13.6. The Kier molecular flexibility index (Phi) is 5.42. The normalized spacial score (nSPS) is 24.3. The first-order valence-corrected chi connectivity index (χ1v) is 13.2. The smallest absolute Gasteiger partial charge is 0.239 e. The largest absolute Gasteiger partial charge is 0.326 e. The van der Waals surface area contributed by atoms with Gasteiger partial charge in [-0.2, -0.15) is 0 Å². The van der Waals surface area contributed by atoms with Gasteiger partial charge in [-0.1, -0.05) is 18.0 Å². The standard InChI is InChI=1S/C27H33ClN6O/c1-16(2)33-15-30-21-13-20(31-25(28)23(21)33)17-10-22-24(29-14-17)27(3,4)26(35)34(22)19-11-18(12-19)32-8-6-5-7-9-32/h10,13-16,18-19H,5-9,11-12H2,1-4H3/t18-,19+. The van der Waals surface area contributed by atoms with Crippen LogP contribution >= 0.6 is 11.6 Å². The molecular weight excluding hydrogens is 460 g/mol. The van der Waals surface area contributed by atoms with Crippen molar-refractivity contribution in [2.24, 2.45) is 0 Å². The number of hydrogen-bond donors (Lipinski definition) is 0. The predicted octanol–water partition coefficient (Wildman–Crippen LogP) is 5.37. The highest BCUT2D eigenvalue weighted by Crippen LogP contribution is 2.46. The first-order chi connectivity index (χ1) is 16.8. The summed E-state index contributed by atoms with van der Waals surface area (Å²) in [6, 6.07) is 5.10. The summed E-state index contributed by atoms with van der Waals surface area (Å²) in [4.78, 5) is 32.3. The summed E-state index contributed by atoms with van der Waals surface area (Å²) in [5.41, 5.74) is 4.38. The Hall–Kier alpha value is -2.51. The van der Waals surface area contributed by atoms with Crippen LogP contribution < -0.4 is 4.90 Å². The molecule has 0 spiro atoms. The van der Waals surface area contributed by atoms with Crippen LogP contribution in [-0.2, 0) is 10.2 Å². The van der Waals surface area contributed by atoms with Crippen LogP contribution in [-0.4, -0.2) is 55.5 Å². The summed E-state index contributed by atoms with van der Waals surface area (Å²) < 4.78 is 2.04. The molecule has 3 aliphatic rings. The molecule has 5 heterocycles. The van der Waals surface area contributed by atoms with Gasteiger partial charge in [-0.15, -0.1) is 0 Å². The molecule has 3 aromatic rings. The molecule has 2 aliphatic heterocycles. The Balaban J connectivity index is 1.34. The van der Waals surface area contributed by atoms with E-state index in [1.165, 1.54) is 32.4 Å². The van der Waals surface area contributed by atoms with Gasteiger partial charge in [0.1, 0.15) is 5.52 Å². The van der Waals surface area contributed by atoms with Crippen molar-refractivity contribution in [2.45, 2.75) is 83.3 Å². The van der Waals surface area contributed by atoms with E-state index in [0.717, 1.165) is 46.5 Å². The fourth-order valence-corrected chi connectivity index (χ4v) is 6.32. The summed E-state index contributed by atoms with van der Waals surface area (Å²) in [7, 11) is 0. The predicted molar refractivity (Wildman–Crippen MR) is 139 cm³/mol. The Bertz CT molecular complexity index is 1300. The molecule has 1 amide bonds. The van der Waals surface area contributed by atoms with E-state index in [1.54, 1.807) is 0 Å². The average Bonchev–Trinajstić information content (AvgIpc) is 3.33. The number of carbonyl (C=O) groups excluding carboxylic acids is 1. The zero-order valence-corrected chi connectivity index (χ0v) is 21.7. The van der Waals surface area contributed by atoms with Crippen molar-refractivity contribution < 1.29 is 4.79 Å². The topological polar surface area (TPSA) is 67.2 Å². The van der Waals surface area contributed by atoms with Gasteiger partial charge in [0.2, 0.25) is 5.91 Å². The monoisotopic (exact) mass is 492 g/mol. The maximum atomic E-state index is 13.6. The molecule has 0 unspecified atom stereocenters. The molecule has 2 fully saturated rings. The highest BCUT2D eigenvalue weighted by Gasteiger charge is 2.51. The van der Waals surface area contributed by atoms with Crippen LogP contribution in [0, 0.1) is 0 Å². The fraction of sp³-hybridized carbons (Fsp3) is 0.556. The van der Waals surface area contributed by atoms with Gasteiger partial charge >= 0.3 is 0 Å². The van der Waals surface area contributed by atoms with Gasteiger partial charge in [0, 0.05) is 29.9 Å². The molecule has 35 heavy (non-hydrogen) atoms. The summed E-state index contributed by atoms with van der Waals surface area (Å²) in [6.07, 6.45) is 9.63. The minimum absolute atomic E-state index is 0.149. The van der Waals surface area contributed by atoms with Gasteiger partial charge in [-0.05, 0) is 78.6 Å². The number of hydrogen-bond acceptors (Lipinski definition) is 5. The van der Waals surface area contributed by atoms with Crippen molar-refractivity contribution in [3.8, 4) is 11.3 Å². The number of carbonyl (C=O) groups is 1. The van der Waals surface area contributed by atoms with Crippen LogP contribution in [0.4, 0.5) is 5.69 Å². The molecule has 7 nitrogen and oxygen atoms in total. The number of anilines is 1. The van der Waals surface area contributed by atoms with E-state index in [4.69, 9.17) is 21.6 Å². The number of likely N-dealkylation sites (tertiary alicyclic amines) is 1. The van der Waals surface area contributed by atoms with E-state index >= 15 is 0 Å². The molecule has 8 heteroatoms. The summed E-state index contributed by atoms with van der Waals surface area (Å²) in [5.74, 6) is 0.149. The number of amides is 1. The highest BCUT2D eigenvalue weighted by atomic mass is 35.5. The summed E-state index contributed by atoms with van der Waals surface area (Å²) >= 11 is 6.63. The molecule has 0 N–H and O–H groups in total. The molecule has 0 atom stereocenters. The maximum Gasteiger partial charge on any atom is 0.239 e. The SMILES string of the molecule is CC(C)n1cnc2cc(-c3cnc4c(c3)N([C@H]3C[C@@H](N5CCCCC5)C3)C(=O)C4(C)C)nc(Cl)c21. The molecular formula is C27H33ClN6O. The zero-order valence-electron chi connectivity index (χ0n) is 21.0. The lowest BCUT2D eigenvalue weighted by Crippen LogP contribution is -2.57. The van der Waals surface area contributed by atoms with E-state index in [2.05, 4.69) is 29.8 Å². The minimum atomic E-state index is -0.630. The van der Waals surface area contributed by atoms with Gasteiger partial charge in [-0.25, -0.2) is 9.97 Å². The van der Waals surface area contributed by atoms with Crippen LogP contribution in [0.25, 0.3) is 22.3 Å². The van der Waals surface area contributed by atoms with E-state index in [0.29, 0.717) is 11.2 Å². The molecule has 0 radical (unpaired) electrons. The highest BCUT2D eigenvalue weighted by molar-refractivity contribution is 6.34. The number of halogens is 1. The van der Waals surface area contributed by atoms with Crippen molar-refractivity contribution in [3.63, 3.8) is 0 Å². The second-order valence-corrected chi connectivity index (χ2v) is 11.5. The van der Waals surface area contributed by atoms with Gasteiger partial charge in [0.25, 0.3) is 0 Å². The first-order valence-electron chi connectivity index (χ1n) is 12.9. The van der Waals surface area contributed by atoms with Gasteiger partial charge in [-0.3, -0.25) is 9.78 Å². The van der Waals surface area contributed by atoms with Gasteiger partial charge in [0.05, 0.1) is 34.3 Å². The van der Waals surface area contributed by atoms with Crippen molar-refractivity contribution in [3.05, 3.63) is 35.5 Å². The minimum Gasteiger partial charge on any atom is -0.326 e. The van der Waals surface area contributed by atoms with Gasteiger partial charge < -0.3 is 14.4 Å². The second-order valence-electron chi connectivity index (χ2n) is 11.2. The zero-order chi connectivity index (χ0) is 24.5. The number of piperidine rings is 1. The molecule has 184 valence electrons. The van der Waals surface area contributed by atoms with Crippen LogP contribution in [0.3, 0.4) is 0 Å². The summed E-state index contributed by atoms with van der Waals surface area (Å²) in [6.45, 7) is 10.6. The third-order valence-electron chi connectivity index (χ3n) is 8.19. The Morgan fingerprint density at radius 2 is 1.80 bits per heavy atom. The molecule has 1 saturated carbocycles. The van der Waals surface area contributed by atoms with Crippen molar-refractivity contribution in [1.82, 2.24) is 24.4 Å². The Morgan fingerprint density at radius 1 is 1.06 bits per heavy atom. The first kappa shape index (κ1) is 22.9. The van der Waals surface area contributed by atoms with E-state index < -0.39 is 5.41 Å². The van der Waals surface area contributed by atoms with Gasteiger partial charge in [0.15, 0.2) is 5.15 Å². The fourth-order valence-electron chi connectivity index (χ4n) is 6.04. The molecule has 0 aromatic carbocycles.